The van der Waals surface area contributed by atoms with Gasteiger partial charge in [0.1, 0.15) is 5.82 Å². The monoisotopic (exact) mass is 389 g/mol. The Morgan fingerprint density at radius 2 is 1.78 bits per heavy atom. The smallest absolute Gasteiger partial charge is 0.297 e. The summed E-state index contributed by atoms with van der Waals surface area (Å²) in [7, 11) is 0. The number of nitrogens with zero attached hydrogens (tertiary/aromatic N) is 5. The molecule has 1 aliphatic heterocycles. The van der Waals surface area contributed by atoms with Gasteiger partial charge in [-0.3, -0.25) is 9.88 Å². The maximum absolute atomic E-state index is 13.2. The Morgan fingerprint density at radius 1 is 1.00 bits per heavy atom. The van der Waals surface area contributed by atoms with Crippen molar-refractivity contribution in [3.8, 4) is 0 Å². The minimum atomic E-state index is -2.69. The molecule has 2 aromatic heterocycles. The highest BCUT2D eigenvalue weighted by Gasteiger charge is 2.23. The lowest BCUT2D eigenvalue weighted by molar-refractivity contribution is 0.141. The van der Waals surface area contributed by atoms with Crippen LogP contribution in [0.4, 0.5) is 14.6 Å². The highest BCUT2D eigenvalue weighted by molar-refractivity contribution is 6.30. The zero-order chi connectivity index (χ0) is 18.8. The van der Waals surface area contributed by atoms with E-state index in [0.29, 0.717) is 29.4 Å². The zero-order valence-electron chi connectivity index (χ0n) is 14.5. The standard InChI is InChI=1S/C19H18ClF2N5/c20-13-5-6-14(23-11-13)12-26-7-9-27(10-8-26)19-15-3-1-2-4-16(15)24-18(25-19)17(21)22/h1-6,11,17H,7-10,12H2. The van der Waals surface area contributed by atoms with E-state index in [9.17, 15) is 8.78 Å². The third-order valence-corrected chi connectivity index (χ3v) is 4.87. The molecule has 0 radical (unpaired) electrons. The Labute approximate surface area is 160 Å². The Balaban J connectivity index is 1.51. The van der Waals surface area contributed by atoms with Gasteiger partial charge in [-0.25, -0.2) is 18.7 Å². The fourth-order valence-electron chi connectivity index (χ4n) is 3.26. The van der Waals surface area contributed by atoms with Crippen molar-refractivity contribution in [1.29, 1.82) is 0 Å². The Bertz CT molecular complexity index is 927. The van der Waals surface area contributed by atoms with Crippen LogP contribution in [0, 0.1) is 0 Å². The van der Waals surface area contributed by atoms with Gasteiger partial charge in [0.15, 0.2) is 5.82 Å². The minimum absolute atomic E-state index is 0.420. The van der Waals surface area contributed by atoms with Gasteiger partial charge < -0.3 is 4.90 Å². The summed E-state index contributed by atoms with van der Waals surface area (Å²) < 4.78 is 26.4. The van der Waals surface area contributed by atoms with Crippen LogP contribution in [-0.4, -0.2) is 46.0 Å². The van der Waals surface area contributed by atoms with E-state index in [1.54, 1.807) is 18.3 Å². The maximum atomic E-state index is 13.2. The van der Waals surface area contributed by atoms with E-state index in [1.165, 1.54) is 0 Å². The lowest BCUT2D eigenvalue weighted by Crippen LogP contribution is -2.46. The van der Waals surface area contributed by atoms with Gasteiger partial charge >= 0.3 is 0 Å². The van der Waals surface area contributed by atoms with Crippen molar-refractivity contribution in [3.63, 3.8) is 0 Å². The van der Waals surface area contributed by atoms with Gasteiger partial charge in [-0.05, 0) is 24.3 Å². The number of piperazine rings is 1. The topological polar surface area (TPSA) is 45.2 Å². The van der Waals surface area contributed by atoms with Crippen molar-refractivity contribution in [2.45, 2.75) is 13.0 Å². The van der Waals surface area contributed by atoms with E-state index in [1.807, 2.05) is 24.3 Å². The van der Waals surface area contributed by atoms with Crippen molar-refractivity contribution < 1.29 is 8.78 Å². The number of halogens is 3. The first-order chi connectivity index (χ1) is 13.1. The van der Waals surface area contributed by atoms with Gasteiger partial charge in [0, 0.05) is 44.3 Å². The highest BCUT2D eigenvalue weighted by Crippen LogP contribution is 2.28. The molecule has 0 atom stereocenters. The lowest BCUT2D eigenvalue weighted by atomic mass is 10.2. The van der Waals surface area contributed by atoms with Crippen molar-refractivity contribution in [2.24, 2.45) is 0 Å². The number of fused-ring (bicyclic) bond motifs is 1. The summed E-state index contributed by atoms with van der Waals surface area (Å²) >= 11 is 5.88. The molecule has 5 nitrogen and oxygen atoms in total. The number of hydrogen-bond acceptors (Lipinski definition) is 5. The molecule has 0 saturated carbocycles. The fourth-order valence-corrected chi connectivity index (χ4v) is 3.37. The number of aromatic nitrogens is 3. The van der Waals surface area contributed by atoms with Crippen LogP contribution in [0.25, 0.3) is 10.9 Å². The van der Waals surface area contributed by atoms with Crippen LogP contribution in [0.2, 0.25) is 5.02 Å². The van der Waals surface area contributed by atoms with Crippen LogP contribution in [0.15, 0.2) is 42.6 Å². The number of rotatable bonds is 4. The van der Waals surface area contributed by atoms with E-state index in [4.69, 9.17) is 11.6 Å². The largest absolute Gasteiger partial charge is 0.353 e. The molecule has 3 aromatic rings. The normalized spacial score (nSPS) is 15.6. The predicted molar refractivity (Wildman–Crippen MR) is 101 cm³/mol. The Hall–Kier alpha value is -2.38. The molecule has 0 spiro atoms. The number of pyridine rings is 1. The third-order valence-electron chi connectivity index (χ3n) is 4.64. The maximum Gasteiger partial charge on any atom is 0.297 e. The number of alkyl halides is 2. The second kappa shape index (κ2) is 7.70. The zero-order valence-corrected chi connectivity index (χ0v) is 15.3. The molecule has 0 aliphatic carbocycles. The van der Waals surface area contributed by atoms with E-state index in [-0.39, 0.29) is 0 Å². The number of hydrogen-bond donors (Lipinski definition) is 0. The van der Waals surface area contributed by atoms with Gasteiger partial charge in [-0.2, -0.15) is 0 Å². The third kappa shape index (κ3) is 3.99. The summed E-state index contributed by atoms with van der Waals surface area (Å²) in [5.41, 5.74) is 1.51. The second-order valence-corrected chi connectivity index (χ2v) is 6.89. The van der Waals surface area contributed by atoms with Crippen LogP contribution in [0.5, 0.6) is 0 Å². The molecule has 140 valence electrons. The van der Waals surface area contributed by atoms with Gasteiger partial charge in [-0.1, -0.05) is 23.7 Å². The van der Waals surface area contributed by atoms with Crippen molar-refractivity contribution in [1.82, 2.24) is 19.9 Å². The first-order valence-corrected chi connectivity index (χ1v) is 9.10. The number of para-hydroxylation sites is 1. The van der Waals surface area contributed by atoms with Crippen LogP contribution < -0.4 is 4.90 Å². The number of anilines is 1. The van der Waals surface area contributed by atoms with Crippen LogP contribution in [0.3, 0.4) is 0 Å². The summed E-state index contributed by atoms with van der Waals surface area (Å²) in [6, 6.07) is 11.0. The van der Waals surface area contributed by atoms with Gasteiger partial charge in [0.25, 0.3) is 6.43 Å². The average molecular weight is 390 g/mol. The highest BCUT2D eigenvalue weighted by atomic mass is 35.5. The Kier molecular flexibility index (Phi) is 5.13. The SMILES string of the molecule is FC(F)c1nc(N2CCN(Cc3ccc(Cl)cn3)CC2)c2ccccc2n1. The molecule has 4 rings (SSSR count). The van der Waals surface area contributed by atoms with E-state index >= 15 is 0 Å². The molecule has 0 unspecified atom stereocenters. The molecule has 1 fully saturated rings. The minimum Gasteiger partial charge on any atom is -0.353 e. The summed E-state index contributed by atoms with van der Waals surface area (Å²) in [6.07, 6.45) is -1.04. The van der Waals surface area contributed by atoms with Gasteiger partial charge in [-0.15, -0.1) is 0 Å². The van der Waals surface area contributed by atoms with Crippen LogP contribution in [0.1, 0.15) is 17.9 Å². The average Bonchev–Trinajstić information content (AvgIpc) is 2.69. The first-order valence-electron chi connectivity index (χ1n) is 8.73. The summed E-state index contributed by atoms with van der Waals surface area (Å²) in [6.45, 7) is 3.74. The van der Waals surface area contributed by atoms with E-state index in [0.717, 1.165) is 30.7 Å². The summed E-state index contributed by atoms with van der Waals surface area (Å²) in [4.78, 5) is 16.8. The molecular formula is C19H18ClF2N5. The summed E-state index contributed by atoms with van der Waals surface area (Å²) in [5, 5.41) is 1.42. The quantitative estimate of drug-likeness (QED) is 0.676. The van der Waals surface area contributed by atoms with Gasteiger partial charge in [0.2, 0.25) is 0 Å². The van der Waals surface area contributed by atoms with Crippen molar-refractivity contribution >= 4 is 28.3 Å². The fraction of sp³-hybridized carbons (Fsp3) is 0.316. The molecule has 1 aromatic carbocycles. The number of benzene rings is 1. The summed E-state index contributed by atoms with van der Waals surface area (Å²) in [5.74, 6) is 0.164. The first kappa shape index (κ1) is 18.0. The molecule has 0 amide bonds. The predicted octanol–water partition coefficient (Wildman–Crippen LogP) is 3.94. The van der Waals surface area contributed by atoms with Gasteiger partial charge in [0.05, 0.1) is 16.2 Å². The molecule has 1 saturated heterocycles. The van der Waals surface area contributed by atoms with E-state index in [2.05, 4.69) is 24.8 Å². The Morgan fingerprint density at radius 3 is 2.48 bits per heavy atom. The lowest BCUT2D eigenvalue weighted by Gasteiger charge is -2.35. The molecule has 1 aliphatic rings. The molecule has 8 heteroatoms. The molecule has 3 heterocycles. The van der Waals surface area contributed by atoms with Crippen LogP contribution in [-0.2, 0) is 6.54 Å². The van der Waals surface area contributed by atoms with Crippen molar-refractivity contribution in [3.05, 3.63) is 59.1 Å². The molecule has 0 N–H and O–H groups in total. The molecule has 0 bridgehead atoms. The molecule has 27 heavy (non-hydrogen) atoms. The van der Waals surface area contributed by atoms with Crippen molar-refractivity contribution in [2.75, 3.05) is 31.1 Å². The van der Waals surface area contributed by atoms with E-state index < -0.39 is 12.2 Å². The second-order valence-electron chi connectivity index (χ2n) is 6.45. The molecular weight excluding hydrogens is 372 g/mol. The van der Waals surface area contributed by atoms with Crippen LogP contribution >= 0.6 is 11.6 Å².